The molecule has 1 rings (SSSR count). The third kappa shape index (κ3) is 1.55. The molecule has 1 fully saturated rings. The lowest BCUT2D eigenvalue weighted by molar-refractivity contribution is -0.150. The highest BCUT2D eigenvalue weighted by atomic mass is 16.4. The summed E-state index contributed by atoms with van der Waals surface area (Å²) in [6.07, 6.45) is 6.57. The summed E-state index contributed by atoms with van der Waals surface area (Å²) in [6, 6.07) is 0. The molecule has 1 N–H and O–H groups in total. The van der Waals surface area contributed by atoms with E-state index in [0.29, 0.717) is 0 Å². The topological polar surface area (TPSA) is 37.3 Å². The van der Waals surface area contributed by atoms with Crippen LogP contribution in [-0.4, -0.2) is 11.1 Å². The quantitative estimate of drug-likeness (QED) is 0.664. The second-order valence-corrected chi connectivity index (χ2v) is 3.31. The Bertz CT molecular complexity index is 146. The van der Waals surface area contributed by atoms with Crippen molar-refractivity contribution in [3.05, 3.63) is 6.42 Å². The summed E-state index contributed by atoms with van der Waals surface area (Å²) < 4.78 is 0. The van der Waals surface area contributed by atoms with E-state index in [2.05, 4.69) is 6.42 Å². The van der Waals surface area contributed by atoms with Gasteiger partial charge in [-0.15, -0.1) is 0 Å². The lowest BCUT2D eigenvalue weighted by Crippen LogP contribution is -2.32. The second kappa shape index (κ2) is 3.24. The van der Waals surface area contributed by atoms with Crippen molar-refractivity contribution in [3.8, 4) is 0 Å². The molecule has 0 atom stereocenters. The summed E-state index contributed by atoms with van der Waals surface area (Å²) in [4.78, 5) is 10.9. The third-order valence-corrected chi connectivity index (χ3v) is 2.78. The van der Waals surface area contributed by atoms with Gasteiger partial charge < -0.3 is 5.11 Å². The molecule has 1 aliphatic rings. The van der Waals surface area contributed by atoms with Crippen LogP contribution in [-0.2, 0) is 4.79 Å². The maximum absolute atomic E-state index is 10.9. The van der Waals surface area contributed by atoms with Gasteiger partial charge in [0, 0.05) is 0 Å². The molecule has 0 aliphatic heterocycles. The predicted octanol–water partition coefficient (Wildman–Crippen LogP) is 2.25. The van der Waals surface area contributed by atoms with Crippen molar-refractivity contribution in [2.75, 3.05) is 0 Å². The van der Waals surface area contributed by atoms with Crippen molar-refractivity contribution in [2.24, 2.45) is 5.41 Å². The molecule has 0 unspecified atom stereocenters. The summed E-state index contributed by atoms with van der Waals surface area (Å²) in [5.74, 6) is -0.604. The first-order valence-corrected chi connectivity index (χ1v) is 4.26. The highest BCUT2D eigenvalue weighted by Crippen LogP contribution is 2.38. The predicted molar refractivity (Wildman–Crippen MR) is 43.1 cm³/mol. The Morgan fingerprint density at radius 1 is 1.55 bits per heavy atom. The number of hydrogen-bond donors (Lipinski definition) is 1. The summed E-state index contributed by atoms with van der Waals surface area (Å²) in [5, 5.41) is 8.97. The van der Waals surface area contributed by atoms with E-state index < -0.39 is 11.4 Å². The molecule has 1 radical (unpaired) electrons. The highest BCUT2D eigenvalue weighted by molar-refractivity contribution is 5.74. The van der Waals surface area contributed by atoms with Gasteiger partial charge in [0.1, 0.15) is 0 Å². The first kappa shape index (κ1) is 8.57. The lowest BCUT2D eigenvalue weighted by Gasteiger charge is -2.31. The number of rotatable bonds is 2. The number of carboxylic acid groups (broad SMARTS) is 1. The van der Waals surface area contributed by atoms with Crippen molar-refractivity contribution >= 4 is 5.97 Å². The lowest BCUT2D eigenvalue weighted by atomic mass is 9.72. The van der Waals surface area contributed by atoms with Crippen LogP contribution >= 0.6 is 0 Å². The molecule has 1 aliphatic carbocycles. The Kier molecular flexibility index (Phi) is 2.53. The molecule has 2 heteroatoms. The van der Waals surface area contributed by atoms with Gasteiger partial charge in [0.2, 0.25) is 0 Å². The first-order chi connectivity index (χ1) is 5.21. The smallest absolute Gasteiger partial charge is 0.309 e. The average Bonchev–Trinajstić information content (AvgIpc) is 2.05. The Hall–Kier alpha value is -0.530. The van der Waals surface area contributed by atoms with Crippen molar-refractivity contribution < 1.29 is 9.90 Å². The van der Waals surface area contributed by atoms with Crippen LogP contribution in [0.25, 0.3) is 0 Å². The van der Waals surface area contributed by atoms with Crippen molar-refractivity contribution in [1.29, 1.82) is 0 Å². The fraction of sp³-hybridized carbons (Fsp3) is 0.778. The Balaban J connectivity index is 2.64. The zero-order chi connectivity index (χ0) is 8.32. The Morgan fingerprint density at radius 3 is 2.36 bits per heavy atom. The maximum atomic E-state index is 10.9. The monoisotopic (exact) mass is 155 g/mol. The summed E-state index contributed by atoms with van der Waals surface area (Å²) in [6.45, 7) is 1.97. The molecule has 0 amide bonds. The molecule has 0 aromatic carbocycles. The van der Waals surface area contributed by atoms with Crippen molar-refractivity contribution in [2.45, 2.75) is 39.0 Å². The minimum Gasteiger partial charge on any atom is -0.481 e. The van der Waals surface area contributed by atoms with E-state index >= 15 is 0 Å². The highest BCUT2D eigenvalue weighted by Gasteiger charge is 2.37. The van der Waals surface area contributed by atoms with E-state index in [0.717, 1.165) is 32.1 Å². The van der Waals surface area contributed by atoms with Gasteiger partial charge in [-0.3, -0.25) is 4.79 Å². The average molecular weight is 155 g/mol. The van der Waals surface area contributed by atoms with Gasteiger partial charge >= 0.3 is 5.97 Å². The molecule has 11 heavy (non-hydrogen) atoms. The van der Waals surface area contributed by atoms with Crippen molar-refractivity contribution in [1.82, 2.24) is 0 Å². The number of aliphatic carboxylic acids is 1. The largest absolute Gasteiger partial charge is 0.481 e. The molecule has 63 valence electrons. The summed E-state index contributed by atoms with van der Waals surface area (Å²) >= 11 is 0. The third-order valence-electron chi connectivity index (χ3n) is 2.78. The molecule has 1 saturated carbocycles. The van der Waals surface area contributed by atoms with Crippen LogP contribution in [0.4, 0.5) is 0 Å². The van der Waals surface area contributed by atoms with Gasteiger partial charge in [-0.25, -0.2) is 0 Å². The van der Waals surface area contributed by atoms with Gasteiger partial charge in [-0.2, -0.15) is 0 Å². The van der Waals surface area contributed by atoms with Crippen LogP contribution in [0.2, 0.25) is 0 Å². The molecule has 0 spiro atoms. The van der Waals surface area contributed by atoms with Crippen LogP contribution in [0.3, 0.4) is 0 Å². The number of hydrogen-bond acceptors (Lipinski definition) is 1. The minimum absolute atomic E-state index is 0.394. The molecular formula is C9H15O2. The molecule has 2 nitrogen and oxygen atoms in total. The zero-order valence-electron chi connectivity index (χ0n) is 6.97. The van der Waals surface area contributed by atoms with Gasteiger partial charge in [-0.1, -0.05) is 6.92 Å². The fourth-order valence-corrected chi connectivity index (χ4v) is 1.74. The van der Waals surface area contributed by atoms with E-state index in [9.17, 15) is 4.79 Å². The molecule has 0 saturated heterocycles. The van der Waals surface area contributed by atoms with Crippen LogP contribution in [0.15, 0.2) is 0 Å². The van der Waals surface area contributed by atoms with E-state index in [4.69, 9.17) is 5.11 Å². The number of carbonyl (C=O) groups is 1. The standard InChI is InChI=1S/C9H15O2/c1-2-9(8(10)11)6-4-3-5-7-9/h3H,2,4-7H2,1H3,(H,10,11). The molecule has 0 heterocycles. The molecule has 0 bridgehead atoms. The minimum atomic E-state index is -0.604. The number of carboxylic acids is 1. The SMILES string of the molecule is CCC1(C(=O)O)CC[CH]CC1. The van der Waals surface area contributed by atoms with Gasteiger partial charge in [0.05, 0.1) is 5.41 Å². The normalized spacial score (nSPS) is 23.0. The van der Waals surface area contributed by atoms with Gasteiger partial charge in [0.15, 0.2) is 0 Å². The molecule has 0 aromatic rings. The molecular weight excluding hydrogens is 140 g/mol. The van der Waals surface area contributed by atoms with Crippen molar-refractivity contribution in [3.63, 3.8) is 0 Å². The summed E-state index contributed by atoms with van der Waals surface area (Å²) in [7, 11) is 0. The zero-order valence-corrected chi connectivity index (χ0v) is 6.97. The maximum Gasteiger partial charge on any atom is 0.309 e. The van der Waals surface area contributed by atoms with E-state index in [1.54, 1.807) is 0 Å². The van der Waals surface area contributed by atoms with Gasteiger partial charge in [0.25, 0.3) is 0 Å². The van der Waals surface area contributed by atoms with E-state index in [-0.39, 0.29) is 0 Å². The van der Waals surface area contributed by atoms with E-state index in [1.165, 1.54) is 0 Å². The Labute approximate surface area is 67.6 Å². The fourth-order valence-electron chi connectivity index (χ4n) is 1.74. The van der Waals surface area contributed by atoms with Crippen LogP contribution < -0.4 is 0 Å². The second-order valence-electron chi connectivity index (χ2n) is 3.31. The Morgan fingerprint density at radius 2 is 2.09 bits per heavy atom. The van der Waals surface area contributed by atoms with Crippen LogP contribution in [0.5, 0.6) is 0 Å². The summed E-state index contributed by atoms with van der Waals surface area (Å²) in [5.41, 5.74) is -0.394. The van der Waals surface area contributed by atoms with E-state index in [1.807, 2.05) is 6.92 Å². The molecule has 0 aromatic heterocycles. The van der Waals surface area contributed by atoms with Crippen LogP contribution in [0, 0.1) is 11.8 Å². The van der Waals surface area contributed by atoms with Crippen LogP contribution in [0.1, 0.15) is 39.0 Å². The first-order valence-electron chi connectivity index (χ1n) is 4.26. The van der Waals surface area contributed by atoms with Gasteiger partial charge in [-0.05, 0) is 38.5 Å².